The molecule has 0 fully saturated rings. The summed E-state index contributed by atoms with van der Waals surface area (Å²) in [6.45, 7) is 0.706. The van der Waals surface area contributed by atoms with Gasteiger partial charge in [-0.05, 0) is 6.42 Å². The van der Waals surface area contributed by atoms with Crippen LogP contribution in [0.5, 0.6) is 0 Å². The molecule has 0 amide bonds. The van der Waals surface area contributed by atoms with Crippen LogP contribution in [0.15, 0.2) is 11.6 Å². The van der Waals surface area contributed by atoms with E-state index in [9.17, 15) is 79.4 Å². The molecule has 0 aromatic carbocycles. The summed E-state index contributed by atoms with van der Waals surface area (Å²) >= 11 is 0. The smallest absolute Gasteiger partial charge is 0.460 e. The van der Waals surface area contributed by atoms with Crippen LogP contribution in [-0.2, 0) is 9.53 Å². The van der Waals surface area contributed by atoms with Crippen LogP contribution in [0.25, 0.3) is 0 Å². The third-order valence-electron chi connectivity index (χ3n) is 3.93. The van der Waals surface area contributed by atoms with E-state index in [-0.39, 0.29) is 0 Å². The van der Waals surface area contributed by atoms with Crippen molar-refractivity contribution in [1.29, 1.82) is 0 Å². The number of halogens is 17. The molecule has 0 bridgehead atoms. The maximum atomic E-state index is 13.7. The zero-order chi connectivity index (χ0) is 27.3. The largest absolute Gasteiger partial charge is 0.466 e. The minimum atomic E-state index is -8.69. The first-order valence-corrected chi connectivity index (χ1v) is 7.67. The van der Waals surface area contributed by atoms with Gasteiger partial charge in [0, 0.05) is 11.6 Å². The molecule has 0 atom stereocenters. The van der Waals surface area contributed by atoms with Crippen molar-refractivity contribution in [3.8, 4) is 0 Å². The Hall–Kier alpha value is -1.98. The van der Waals surface area contributed by atoms with Crippen LogP contribution in [0.2, 0.25) is 0 Å². The van der Waals surface area contributed by atoms with Crippen molar-refractivity contribution >= 4 is 5.97 Å². The second-order valence-electron chi connectivity index (χ2n) is 6.08. The molecule has 0 heterocycles. The highest BCUT2D eigenvalue weighted by molar-refractivity contribution is 5.88. The first kappa shape index (κ1) is 31.0. The first-order valence-electron chi connectivity index (χ1n) is 7.67. The molecule has 0 radical (unpaired) electrons. The Labute approximate surface area is 171 Å². The fourth-order valence-corrected chi connectivity index (χ4v) is 1.92. The number of hydrogen-bond donors (Lipinski definition) is 0. The molecule has 0 unspecified atom stereocenters. The lowest BCUT2D eigenvalue weighted by Crippen LogP contribution is -2.74. The van der Waals surface area contributed by atoms with Crippen LogP contribution in [-0.4, -0.2) is 60.7 Å². The average molecular weight is 532 g/mol. The van der Waals surface area contributed by atoms with E-state index >= 15 is 0 Å². The Bertz CT molecular complexity index is 762. The van der Waals surface area contributed by atoms with E-state index in [0.717, 1.165) is 0 Å². The summed E-state index contributed by atoms with van der Waals surface area (Å²) in [5.41, 5.74) is -1.65. The summed E-state index contributed by atoms with van der Waals surface area (Å²) in [7, 11) is 0.425. The molecular weight excluding hydrogens is 523 g/mol. The van der Waals surface area contributed by atoms with Crippen molar-refractivity contribution < 1.29 is 84.2 Å². The number of carbonyl (C=O) groups excluding carboxylic acids is 1. The van der Waals surface area contributed by atoms with Gasteiger partial charge in [0.1, 0.15) is 0 Å². The summed E-state index contributed by atoms with van der Waals surface area (Å²) in [6.07, 6.45) is -10.4. The minimum absolute atomic E-state index is 0.425. The molecule has 33 heavy (non-hydrogen) atoms. The Balaban J connectivity index is 6.88. The quantitative estimate of drug-likeness (QED) is 0.193. The lowest BCUT2D eigenvalue weighted by Gasteiger charge is -2.42. The molecule has 0 rings (SSSR count). The maximum absolute atomic E-state index is 13.7. The van der Waals surface area contributed by atoms with Gasteiger partial charge in [-0.3, -0.25) is 0 Å². The Morgan fingerprint density at radius 3 is 1.18 bits per heavy atom. The molecule has 0 aromatic heterocycles. The van der Waals surface area contributed by atoms with Gasteiger partial charge in [-0.15, -0.1) is 0 Å². The van der Waals surface area contributed by atoms with Crippen molar-refractivity contribution in [2.75, 3.05) is 7.11 Å². The maximum Gasteiger partial charge on any atom is 0.460 e. The SMILES string of the molecule is CCC(=CC(F)(F)C(F)(F)C(F)(F)C(F)(F)C(F)(F)C(F)(F)C(F)(F)C(F)(F)F)C(=O)OC. The van der Waals surface area contributed by atoms with Gasteiger partial charge >= 0.3 is 53.6 Å². The van der Waals surface area contributed by atoms with Crippen molar-refractivity contribution in [2.24, 2.45) is 0 Å². The Morgan fingerprint density at radius 2 is 0.909 bits per heavy atom. The number of carbonyl (C=O) groups is 1. The van der Waals surface area contributed by atoms with Crippen molar-refractivity contribution in [2.45, 2.75) is 61.0 Å². The number of rotatable bonds is 9. The summed E-state index contributed by atoms with van der Waals surface area (Å²) in [4.78, 5) is 11.1. The summed E-state index contributed by atoms with van der Waals surface area (Å²) < 4.78 is 226. The predicted octanol–water partition coefficient (Wildman–Crippen LogP) is 6.51. The predicted molar refractivity (Wildman–Crippen MR) is 71.1 cm³/mol. The van der Waals surface area contributed by atoms with E-state index in [1.54, 1.807) is 0 Å². The molecule has 19 heteroatoms. The Kier molecular flexibility index (Phi) is 7.85. The van der Waals surface area contributed by atoms with Gasteiger partial charge in [0.25, 0.3) is 0 Å². The lowest BCUT2D eigenvalue weighted by molar-refractivity contribution is -0.459. The standard InChI is InChI=1S/C14H9F17O2/c1-3-5(6(32)33-2)4-7(15,16)8(17,18)9(19,20)10(21,22)11(23,24)12(25,26)13(27,28)14(29,30)31/h4H,3H2,1-2H3. The second-order valence-corrected chi connectivity index (χ2v) is 6.08. The normalized spacial score (nSPS) is 16.2. The summed E-state index contributed by atoms with van der Waals surface area (Å²) in [5.74, 6) is -59.1. The molecule has 0 aliphatic heterocycles. The van der Waals surface area contributed by atoms with Crippen molar-refractivity contribution in [3.05, 3.63) is 11.6 Å². The van der Waals surface area contributed by atoms with Crippen LogP contribution in [0.3, 0.4) is 0 Å². The van der Waals surface area contributed by atoms with Gasteiger partial charge < -0.3 is 4.74 Å². The van der Waals surface area contributed by atoms with E-state index in [0.29, 0.717) is 14.0 Å². The fourth-order valence-electron chi connectivity index (χ4n) is 1.92. The highest BCUT2D eigenvalue weighted by Gasteiger charge is 2.95. The van der Waals surface area contributed by atoms with E-state index in [1.807, 2.05) is 0 Å². The van der Waals surface area contributed by atoms with Gasteiger partial charge in [0.2, 0.25) is 0 Å². The number of allylic oxidation sites excluding steroid dienone is 1. The van der Waals surface area contributed by atoms with E-state index in [2.05, 4.69) is 4.74 Å². The highest BCUT2D eigenvalue weighted by Crippen LogP contribution is 2.64. The molecule has 0 spiro atoms. The molecule has 0 aromatic rings. The van der Waals surface area contributed by atoms with Gasteiger partial charge in [-0.1, -0.05) is 6.92 Å². The fraction of sp³-hybridized carbons (Fsp3) is 0.786. The van der Waals surface area contributed by atoms with Gasteiger partial charge in [0.05, 0.1) is 7.11 Å². The summed E-state index contributed by atoms with van der Waals surface area (Å²) in [6, 6.07) is 0. The summed E-state index contributed by atoms with van der Waals surface area (Å²) in [5, 5.41) is 0. The minimum Gasteiger partial charge on any atom is -0.466 e. The van der Waals surface area contributed by atoms with Gasteiger partial charge in [-0.2, -0.15) is 74.6 Å². The lowest BCUT2D eigenvalue weighted by atomic mass is 9.88. The molecule has 0 N–H and O–H groups in total. The van der Waals surface area contributed by atoms with E-state index < -0.39 is 71.7 Å². The van der Waals surface area contributed by atoms with Gasteiger partial charge in [-0.25, -0.2) is 4.79 Å². The van der Waals surface area contributed by atoms with Crippen LogP contribution in [0.1, 0.15) is 13.3 Å². The van der Waals surface area contributed by atoms with E-state index in [4.69, 9.17) is 0 Å². The van der Waals surface area contributed by atoms with Crippen LogP contribution >= 0.6 is 0 Å². The van der Waals surface area contributed by atoms with Gasteiger partial charge in [0.15, 0.2) is 0 Å². The number of esters is 1. The number of ether oxygens (including phenoxy) is 1. The first-order chi connectivity index (χ1) is 14.2. The van der Waals surface area contributed by atoms with Crippen LogP contribution < -0.4 is 0 Å². The molecule has 0 saturated heterocycles. The van der Waals surface area contributed by atoms with Crippen LogP contribution in [0, 0.1) is 0 Å². The third-order valence-corrected chi connectivity index (χ3v) is 3.93. The Morgan fingerprint density at radius 1 is 0.606 bits per heavy atom. The molecule has 196 valence electrons. The molecule has 0 saturated carbocycles. The second kappa shape index (κ2) is 8.35. The number of alkyl halides is 17. The molecular formula is C14H9F17O2. The zero-order valence-electron chi connectivity index (χ0n) is 15.5. The van der Waals surface area contributed by atoms with Crippen molar-refractivity contribution in [1.82, 2.24) is 0 Å². The number of hydrogen-bond acceptors (Lipinski definition) is 2. The number of methoxy groups -OCH3 is 1. The average Bonchev–Trinajstić information content (AvgIpc) is 2.63. The molecule has 0 aliphatic carbocycles. The van der Waals surface area contributed by atoms with Crippen molar-refractivity contribution in [3.63, 3.8) is 0 Å². The van der Waals surface area contributed by atoms with Crippen LogP contribution in [0.4, 0.5) is 74.6 Å². The highest BCUT2D eigenvalue weighted by atomic mass is 19.4. The topological polar surface area (TPSA) is 26.3 Å². The monoisotopic (exact) mass is 532 g/mol. The zero-order valence-corrected chi connectivity index (χ0v) is 15.5. The molecule has 2 nitrogen and oxygen atoms in total. The van der Waals surface area contributed by atoms with E-state index in [1.165, 1.54) is 0 Å². The molecule has 0 aliphatic rings. The third kappa shape index (κ3) is 4.30.